The highest BCUT2D eigenvalue weighted by Crippen LogP contribution is 2.47. The summed E-state index contributed by atoms with van der Waals surface area (Å²) in [7, 11) is 0. The molecule has 4 aromatic rings. The lowest BCUT2D eigenvalue weighted by Crippen LogP contribution is -2.55. The van der Waals surface area contributed by atoms with Crippen molar-refractivity contribution < 1.29 is 37.3 Å². The molecule has 4 fully saturated rings. The average molecular weight is 796 g/mol. The Kier molecular flexibility index (Phi) is 9.25. The Morgan fingerprint density at radius 3 is 2.64 bits per heavy atom. The Balaban J connectivity index is 1.26. The molecule has 2 aromatic carbocycles. The summed E-state index contributed by atoms with van der Waals surface area (Å²) in [6.07, 6.45) is 2.28. The van der Waals surface area contributed by atoms with Crippen molar-refractivity contribution in [2.45, 2.75) is 76.1 Å². The molecule has 4 aliphatic rings. The number of ether oxygens (including phenoxy) is 2. The van der Waals surface area contributed by atoms with E-state index < -0.39 is 35.0 Å². The molecule has 0 saturated carbocycles. The maximum Gasteiger partial charge on any atom is 0.412 e. The highest BCUT2D eigenvalue weighted by molar-refractivity contribution is 7.23. The summed E-state index contributed by atoms with van der Waals surface area (Å²) < 4.78 is 58.0. The molecule has 55 heavy (non-hydrogen) atoms. The van der Waals surface area contributed by atoms with Crippen molar-refractivity contribution in [3.05, 3.63) is 52.3 Å². The maximum absolute atomic E-state index is 17.3. The minimum absolute atomic E-state index is 0.00603. The van der Waals surface area contributed by atoms with Crippen LogP contribution in [0.25, 0.3) is 32.1 Å². The number of benzene rings is 2. The smallest absolute Gasteiger partial charge is 0.412 e. The first-order valence-corrected chi connectivity index (χ1v) is 19.2. The summed E-state index contributed by atoms with van der Waals surface area (Å²) in [6.45, 7) is 7.02. The first-order chi connectivity index (χ1) is 26.2. The predicted octanol–water partition coefficient (Wildman–Crippen LogP) is 8.46. The number of amides is 2. The zero-order valence-electron chi connectivity index (χ0n) is 30.2. The SMILES string of the molecule is CC(C)(C)OC(=O)Nc1sc2c(F)ccc(-c3c(Cl)cc4c(N5C[C@H]6CC[C@@H](C5)N6C(=O)O)nc(OCC56CCCN5C/C(=C\F)C6)nc4c3F)c2c1C#N. The number of hydrogen-bond acceptors (Lipinski definition) is 10. The Bertz CT molecular complexity index is 2330. The highest BCUT2D eigenvalue weighted by Gasteiger charge is 2.48. The van der Waals surface area contributed by atoms with E-state index in [0.717, 1.165) is 36.8 Å². The molecule has 2 amide bonds. The van der Waals surface area contributed by atoms with Gasteiger partial charge >= 0.3 is 18.2 Å². The fraction of sp³-hybridized carbons (Fsp3) is 0.447. The molecular formula is C38H37ClF3N7O5S. The van der Waals surface area contributed by atoms with Crippen LogP contribution in [0.2, 0.25) is 5.02 Å². The number of anilines is 2. The molecule has 0 spiro atoms. The van der Waals surface area contributed by atoms with Gasteiger partial charge in [0.15, 0.2) is 5.82 Å². The molecule has 0 aliphatic carbocycles. The third-order valence-electron chi connectivity index (χ3n) is 10.9. The van der Waals surface area contributed by atoms with E-state index in [0.29, 0.717) is 56.6 Å². The van der Waals surface area contributed by atoms with Crippen LogP contribution in [-0.4, -0.2) is 93.1 Å². The van der Waals surface area contributed by atoms with Crippen molar-refractivity contribution in [1.82, 2.24) is 19.8 Å². The number of hydrogen-bond donors (Lipinski definition) is 2. The van der Waals surface area contributed by atoms with Crippen LogP contribution in [0.5, 0.6) is 6.01 Å². The van der Waals surface area contributed by atoms with Crippen molar-refractivity contribution in [2.75, 3.05) is 43.0 Å². The summed E-state index contributed by atoms with van der Waals surface area (Å²) in [4.78, 5) is 39.7. The van der Waals surface area contributed by atoms with Crippen LogP contribution in [0.1, 0.15) is 58.4 Å². The number of carboxylic acid groups (broad SMARTS) is 1. The van der Waals surface area contributed by atoms with E-state index in [4.69, 9.17) is 26.1 Å². The lowest BCUT2D eigenvalue weighted by molar-refractivity contribution is 0.0636. The number of carbonyl (C=O) groups is 2. The van der Waals surface area contributed by atoms with E-state index in [1.165, 1.54) is 17.0 Å². The minimum Gasteiger partial charge on any atom is -0.465 e. The molecule has 4 saturated heterocycles. The zero-order chi connectivity index (χ0) is 39.0. The number of piperazine rings is 1. The van der Waals surface area contributed by atoms with Gasteiger partial charge in [-0.1, -0.05) is 17.7 Å². The topological polar surface area (TPSA) is 144 Å². The number of nitrogens with one attached hydrogen (secondary N) is 1. The van der Waals surface area contributed by atoms with E-state index in [9.17, 15) is 24.3 Å². The molecule has 12 nitrogen and oxygen atoms in total. The van der Waals surface area contributed by atoms with Gasteiger partial charge in [0.2, 0.25) is 0 Å². The van der Waals surface area contributed by atoms with Crippen LogP contribution in [0, 0.1) is 23.0 Å². The predicted molar refractivity (Wildman–Crippen MR) is 202 cm³/mol. The van der Waals surface area contributed by atoms with Crippen LogP contribution in [0.4, 0.5) is 33.6 Å². The van der Waals surface area contributed by atoms with Crippen molar-refractivity contribution in [1.29, 1.82) is 5.26 Å². The second-order valence-electron chi connectivity index (χ2n) is 15.6. The first kappa shape index (κ1) is 37.1. The number of fused-ring (bicyclic) bond motifs is 5. The quantitative estimate of drug-likeness (QED) is 0.195. The molecular weight excluding hydrogens is 759 g/mol. The second kappa shape index (κ2) is 13.7. The molecule has 8 rings (SSSR count). The van der Waals surface area contributed by atoms with Crippen molar-refractivity contribution in [3.8, 4) is 23.2 Å². The van der Waals surface area contributed by atoms with E-state index >= 15 is 8.78 Å². The molecule has 4 aliphatic heterocycles. The fourth-order valence-electron chi connectivity index (χ4n) is 8.72. The number of halogens is 4. The standard InChI is InChI=1S/C38H37ClF3N7O5S/c1-37(2,3)54-35(50)46-33-24(14-43)27-22(7-8-26(41)31(27)55-33)28-25(39)11-23-30(29(28)42)44-34(53-18-38-9-4-10-48(38)15-19(12-38)13-40)45-32(23)47-16-20-5-6-21(17-47)49(20)36(51)52/h7-8,11,13,20-21H,4-6,9-10,12,15-18H2,1-3H3,(H,46,50)(H,51,52)/b19-13-/t20-,21+,38?. The lowest BCUT2D eigenvalue weighted by atomic mass is 9.94. The van der Waals surface area contributed by atoms with Gasteiger partial charge in [-0.15, -0.1) is 11.3 Å². The van der Waals surface area contributed by atoms with E-state index in [1.807, 2.05) is 11.0 Å². The minimum atomic E-state index is -0.999. The van der Waals surface area contributed by atoms with Gasteiger partial charge in [0.25, 0.3) is 0 Å². The van der Waals surface area contributed by atoms with Gasteiger partial charge in [-0.05, 0) is 82.7 Å². The number of thiophene rings is 1. The summed E-state index contributed by atoms with van der Waals surface area (Å²) in [5.41, 5.74) is -0.961. The normalized spacial score (nSPS) is 23.1. The summed E-state index contributed by atoms with van der Waals surface area (Å²) >= 11 is 7.74. The van der Waals surface area contributed by atoms with E-state index in [-0.39, 0.29) is 72.4 Å². The molecule has 2 aromatic heterocycles. The second-order valence-corrected chi connectivity index (χ2v) is 17.0. The summed E-state index contributed by atoms with van der Waals surface area (Å²) in [6, 6.07) is 5.28. The summed E-state index contributed by atoms with van der Waals surface area (Å²) in [5.74, 6) is -1.26. The van der Waals surface area contributed by atoms with Crippen molar-refractivity contribution in [3.63, 3.8) is 0 Å². The molecule has 288 valence electrons. The average Bonchev–Trinajstić information content (AvgIpc) is 3.86. The molecule has 0 radical (unpaired) electrons. The largest absolute Gasteiger partial charge is 0.465 e. The third-order valence-corrected chi connectivity index (χ3v) is 12.4. The number of aromatic nitrogens is 2. The van der Waals surface area contributed by atoms with E-state index in [1.54, 1.807) is 20.8 Å². The van der Waals surface area contributed by atoms with E-state index in [2.05, 4.69) is 15.2 Å². The van der Waals surface area contributed by atoms with Gasteiger partial charge < -0.3 is 19.5 Å². The van der Waals surface area contributed by atoms with Gasteiger partial charge in [-0.2, -0.15) is 15.2 Å². The number of carbonyl (C=O) groups excluding carboxylic acids is 1. The molecule has 3 atom stereocenters. The Hall–Kier alpha value is -4.85. The number of nitrogens with zero attached hydrogens (tertiary/aromatic N) is 6. The highest BCUT2D eigenvalue weighted by atomic mass is 35.5. The van der Waals surface area contributed by atoms with Gasteiger partial charge in [-0.3, -0.25) is 15.1 Å². The van der Waals surface area contributed by atoms with Gasteiger partial charge in [0.05, 0.1) is 39.2 Å². The van der Waals surface area contributed by atoms with Crippen LogP contribution in [0.3, 0.4) is 0 Å². The summed E-state index contributed by atoms with van der Waals surface area (Å²) in [5, 5.41) is 23.0. The zero-order valence-corrected chi connectivity index (χ0v) is 31.8. The Labute approximate surface area is 323 Å². The number of rotatable bonds is 6. The molecule has 2 N–H and O–H groups in total. The maximum atomic E-state index is 17.3. The van der Waals surface area contributed by atoms with Crippen molar-refractivity contribution in [2.24, 2.45) is 0 Å². The molecule has 17 heteroatoms. The monoisotopic (exact) mass is 795 g/mol. The van der Waals surface area contributed by atoms with Crippen LogP contribution < -0.4 is 15.0 Å². The Morgan fingerprint density at radius 1 is 1.22 bits per heavy atom. The van der Waals surface area contributed by atoms with Crippen LogP contribution in [-0.2, 0) is 4.74 Å². The molecule has 6 heterocycles. The lowest BCUT2D eigenvalue weighted by Gasteiger charge is -2.40. The molecule has 1 unspecified atom stereocenters. The van der Waals surface area contributed by atoms with Crippen molar-refractivity contribution >= 4 is 66.9 Å². The molecule has 2 bridgehead atoms. The first-order valence-electron chi connectivity index (χ1n) is 18.0. The Morgan fingerprint density at radius 2 is 1.96 bits per heavy atom. The fourth-order valence-corrected chi connectivity index (χ4v) is 10.1. The van der Waals surface area contributed by atoms with Crippen LogP contribution >= 0.6 is 22.9 Å². The van der Waals surface area contributed by atoms with Gasteiger partial charge in [0, 0.05) is 36.0 Å². The number of nitriles is 1. The van der Waals surface area contributed by atoms with Crippen LogP contribution in [0.15, 0.2) is 30.1 Å². The van der Waals surface area contributed by atoms with Gasteiger partial charge in [-0.25, -0.2) is 22.8 Å². The third kappa shape index (κ3) is 6.45. The van der Waals surface area contributed by atoms with Gasteiger partial charge in [0.1, 0.15) is 40.4 Å².